The lowest BCUT2D eigenvalue weighted by Crippen LogP contribution is -2.34. The van der Waals surface area contributed by atoms with Gasteiger partial charge in [-0.2, -0.15) is 0 Å². The van der Waals surface area contributed by atoms with Crippen LogP contribution in [0.4, 0.5) is 5.69 Å². The van der Waals surface area contributed by atoms with Crippen LogP contribution in [0, 0.1) is 0 Å². The summed E-state index contributed by atoms with van der Waals surface area (Å²) in [5.74, 6) is 0.0322. The largest absolute Gasteiger partial charge is 0.332 e. The SMILES string of the molecule is O=C1Cc2ccc(C(=O)N3CCCC3/C=C/c3cccs3)cc2N1. The third-order valence-electron chi connectivity index (χ3n) is 4.57. The van der Waals surface area contributed by atoms with Crippen LogP contribution < -0.4 is 5.32 Å². The average molecular weight is 338 g/mol. The number of carbonyl (C=O) groups is 2. The molecule has 2 aromatic rings. The van der Waals surface area contributed by atoms with Crippen molar-refractivity contribution in [3.63, 3.8) is 0 Å². The zero-order valence-corrected chi connectivity index (χ0v) is 14.0. The highest BCUT2D eigenvalue weighted by Gasteiger charge is 2.28. The maximum atomic E-state index is 12.9. The summed E-state index contributed by atoms with van der Waals surface area (Å²) >= 11 is 1.70. The zero-order chi connectivity index (χ0) is 16.5. The lowest BCUT2D eigenvalue weighted by molar-refractivity contribution is -0.115. The Hall–Kier alpha value is -2.40. The average Bonchev–Trinajstić information content (AvgIpc) is 3.31. The van der Waals surface area contributed by atoms with Crippen LogP contribution in [0.5, 0.6) is 0 Å². The van der Waals surface area contributed by atoms with Crippen molar-refractivity contribution in [2.45, 2.75) is 25.3 Å². The molecule has 1 aromatic carbocycles. The summed E-state index contributed by atoms with van der Waals surface area (Å²) in [6.45, 7) is 0.779. The minimum atomic E-state index is -0.00692. The van der Waals surface area contributed by atoms with Gasteiger partial charge < -0.3 is 10.2 Å². The number of thiophene rings is 1. The molecule has 4 rings (SSSR count). The molecule has 24 heavy (non-hydrogen) atoms. The van der Waals surface area contributed by atoms with Crippen LogP contribution in [0.15, 0.2) is 41.8 Å². The summed E-state index contributed by atoms with van der Waals surface area (Å²) in [6, 6.07) is 9.77. The van der Waals surface area contributed by atoms with Crippen molar-refractivity contribution in [2.75, 3.05) is 11.9 Å². The Balaban J connectivity index is 1.53. The minimum Gasteiger partial charge on any atom is -0.332 e. The standard InChI is InChI=1S/C19H18N2O2S/c22-18-12-13-5-6-14(11-17(13)20-18)19(23)21-9-1-3-15(21)7-8-16-4-2-10-24-16/h2,4-8,10-11,15H,1,3,9,12H2,(H,20,22)/b8-7+. The molecule has 0 radical (unpaired) electrons. The second-order valence-electron chi connectivity index (χ2n) is 6.18. The van der Waals surface area contributed by atoms with E-state index in [1.807, 2.05) is 23.1 Å². The second kappa shape index (κ2) is 6.24. The lowest BCUT2D eigenvalue weighted by atomic mass is 10.1. The van der Waals surface area contributed by atoms with Gasteiger partial charge in [-0.1, -0.05) is 18.2 Å². The molecule has 0 bridgehead atoms. The van der Waals surface area contributed by atoms with Crippen LogP contribution in [-0.2, 0) is 11.2 Å². The molecule has 0 saturated carbocycles. The molecule has 3 heterocycles. The van der Waals surface area contributed by atoms with Gasteiger partial charge in [-0.3, -0.25) is 9.59 Å². The molecule has 2 aliphatic rings. The van der Waals surface area contributed by atoms with Gasteiger partial charge in [0, 0.05) is 22.7 Å². The Morgan fingerprint density at radius 3 is 3.08 bits per heavy atom. The van der Waals surface area contributed by atoms with Crippen molar-refractivity contribution in [1.82, 2.24) is 4.90 Å². The van der Waals surface area contributed by atoms with E-state index in [-0.39, 0.29) is 17.9 Å². The molecule has 122 valence electrons. The Labute approximate surface area is 144 Å². The van der Waals surface area contributed by atoms with Crippen molar-refractivity contribution in [2.24, 2.45) is 0 Å². The van der Waals surface area contributed by atoms with Gasteiger partial charge >= 0.3 is 0 Å². The van der Waals surface area contributed by atoms with Crippen molar-refractivity contribution in [3.8, 4) is 0 Å². The van der Waals surface area contributed by atoms with Gasteiger partial charge in [0.2, 0.25) is 5.91 Å². The van der Waals surface area contributed by atoms with Gasteiger partial charge in [-0.25, -0.2) is 0 Å². The van der Waals surface area contributed by atoms with Gasteiger partial charge in [0.25, 0.3) is 5.91 Å². The first-order valence-electron chi connectivity index (χ1n) is 8.16. The summed E-state index contributed by atoms with van der Waals surface area (Å²) < 4.78 is 0. The molecule has 1 fully saturated rings. The van der Waals surface area contributed by atoms with Crippen molar-refractivity contribution < 1.29 is 9.59 Å². The van der Waals surface area contributed by atoms with Crippen molar-refractivity contribution in [1.29, 1.82) is 0 Å². The van der Waals surface area contributed by atoms with E-state index in [1.165, 1.54) is 4.88 Å². The number of rotatable bonds is 3. The fourth-order valence-corrected chi connectivity index (χ4v) is 3.98. The highest BCUT2D eigenvalue weighted by Crippen LogP contribution is 2.27. The van der Waals surface area contributed by atoms with Gasteiger partial charge in [-0.15, -0.1) is 11.3 Å². The van der Waals surface area contributed by atoms with E-state index in [1.54, 1.807) is 17.4 Å². The number of hydrogen-bond acceptors (Lipinski definition) is 3. The number of carbonyl (C=O) groups excluding carboxylic acids is 2. The third kappa shape index (κ3) is 2.87. The first-order valence-corrected chi connectivity index (χ1v) is 9.04. The molecule has 0 aliphatic carbocycles. The molecule has 4 nitrogen and oxygen atoms in total. The minimum absolute atomic E-state index is 0.00692. The molecular weight excluding hydrogens is 320 g/mol. The maximum absolute atomic E-state index is 12.9. The van der Waals surface area contributed by atoms with Gasteiger partial charge in [-0.05, 0) is 48.1 Å². The summed E-state index contributed by atoms with van der Waals surface area (Å²) in [7, 11) is 0. The van der Waals surface area contributed by atoms with Crippen LogP contribution in [0.3, 0.4) is 0 Å². The normalized spacial score (nSPS) is 19.8. The quantitative estimate of drug-likeness (QED) is 0.930. The number of nitrogens with zero attached hydrogens (tertiary/aromatic N) is 1. The number of likely N-dealkylation sites (tertiary alicyclic amines) is 1. The highest BCUT2D eigenvalue weighted by atomic mass is 32.1. The van der Waals surface area contributed by atoms with Crippen molar-refractivity contribution >= 4 is 34.9 Å². The summed E-state index contributed by atoms with van der Waals surface area (Å²) in [6.07, 6.45) is 6.65. The van der Waals surface area contributed by atoms with Gasteiger partial charge in [0.15, 0.2) is 0 Å². The van der Waals surface area contributed by atoms with Crippen LogP contribution >= 0.6 is 11.3 Å². The lowest BCUT2D eigenvalue weighted by Gasteiger charge is -2.22. The Bertz CT molecular complexity index is 811. The van der Waals surface area contributed by atoms with Crippen LogP contribution in [0.2, 0.25) is 0 Å². The second-order valence-corrected chi connectivity index (χ2v) is 7.16. The molecule has 5 heteroatoms. The summed E-state index contributed by atoms with van der Waals surface area (Å²) in [5.41, 5.74) is 2.38. The summed E-state index contributed by atoms with van der Waals surface area (Å²) in [5, 5.41) is 4.87. The van der Waals surface area contributed by atoms with E-state index >= 15 is 0 Å². The molecule has 1 atom stereocenters. The molecule has 1 N–H and O–H groups in total. The predicted molar refractivity (Wildman–Crippen MR) is 96.2 cm³/mol. The molecule has 2 aliphatic heterocycles. The Kier molecular flexibility index (Phi) is 3.94. The third-order valence-corrected chi connectivity index (χ3v) is 5.41. The summed E-state index contributed by atoms with van der Waals surface area (Å²) in [4.78, 5) is 27.5. The molecular formula is C19H18N2O2S. The van der Waals surface area contributed by atoms with E-state index in [9.17, 15) is 9.59 Å². The fourth-order valence-electron chi connectivity index (χ4n) is 3.35. The number of nitrogens with one attached hydrogen (secondary N) is 1. The van der Waals surface area contributed by atoms with Crippen LogP contribution in [0.25, 0.3) is 6.08 Å². The Morgan fingerprint density at radius 1 is 1.33 bits per heavy atom. The molecule has 1 saturated heterocycles. The topological polar surface area (TPSA) is 49.4 Å². The van der Waals surface area contributed by atoms with Gasteiger partial charge in [0.05, 0.1) is 12.5 Å². The van der Waals surface area contributed by atoms with E-state index in [2.05, 4.69) is 28.9 Å². The number of benzene rings is 1. The molecule has 1 aromatic heterocycles. The molecule has 2 amide bonds. The monoisotopic (exact) mass is 338 g/mol. The van der Waals surface area contributed by atoms with Crippen LogP contribution in [-0.4, -0.2) is 29.3 Å². The van der Waals surface area contributed by atoms with E-state index in [0.29, 0.717) is 12.0 Å². The van der Waals surface area contributed by atoms with E-state index < -0.39 is 0 Å². The predicted octanol–water partition coefficient (Wildman–Crippen LogP) is 3.56. The fraction of sp³-hybridized carbons (Fsp3) is 0.263. The van der Waals surface area contributed by atoms with E-state index in [4.69, 9.17) is 0 Å². The number of hydrogen-bond donors (Lipinski definition) is 1. The molecule has 1 unspecified atom stereocenters. The van der Waals surface area contributed by atoms with Gasteiger partial charge in [0.1, 0.15) is 0 Å². The maximum Gasteiger partial charge on any atom is 0.254 e. The van der Waals surface area contributed by atoms with Crippen LogP contribution in [0.1, 0.15) is 33.6 Å². The number of amides is 2. The first-order chi connectivity index (χ1) is 11.7. The number of anilines is 1. The smallest absolute Gasteiger partial charge is 0.254 e. The van der Waals surface area contributed by atoms with E-state index in [0.717, 1.165) is 30.6 Å². The van der Waals surface area contributed by atoms with Crippen molar-refractivity contribution in [3.05, 3.63) is 57.8 Å². The number of fused-ring (bicyclic) bond motifs is 1. The zero-order valence-electron chi connectivity index (χ0n) is 13.2. The Morgan fingerprint density at radius 2 is 2.25 bits per heavy atom. The molecule has 0 spiro atoms. The highest BCUT2D eigenvalue weighted by molar-refractivity contribution is 7.10. The first kappa shape index (κ1) is 15.1.